The fourth-order valence-electron chi connectivity index (χ4n) is 1.94. The van der Waals surface area contributed by atoms with E-state index in [1.54, 1.807) is 18.2 Å². The summed E-state index contributed by atoms with van der Waals surface area (Å²) in [5.41, 5.74) is 0.595. The Hall–Kier alpha value is -1.55. The van der Waals surface area contributed by atoms with Gasteiger partial charge in [0.2, 0.25) is 0 Å². The molecule has 1 fully saturated rings. The lowest BCUT2D eigenvalue weighted by Crippen LogP contribution is -2.26. The Labute approximate surface area is 107 Å². The molecule has 0 radical (unpaired) electrons. The molecule has 0 atom stereocenters. The SMILES string of the molecule is CCOc1cc(C=O)ccc1OC1CCOCC1. The molecule has 0 aliphatic carbocycles. The van der Waals surface area contributed by atoms with E-state index >= 15 is 0 Å². The molecule has 0 unspecified atom stereocenters. The first kappa shape index (κ1) is 12.9. The third-order valence-electron chi connectivity index (χ3n) is 2.87. The Kier molecular flexibility index (Phi) is 4.59. The van der Waals surface area contributed by atoms with Gasteiger partial charge in [0, 0.05) is 18.4 Å². The molecule has 0 saturated carbocycles. The van der Waals surface area contributed by atoms with Crippen LogP contribution in [0.15, 0.2) is 18.2 Å². The summed E-state index contributed by atoms with van der Waals surface area (Å²) in [4.78, 5) is 10.8. The number of aldehydes is 1. The van der Waals surface area contributed by atoms with Gasteiger partial charge in [0.25, 0.3) is 0 Å². The molecule has 1 aromatic carbocycles. The summed E-state index contributed by atoms with van der Waals surface area (Å²) in [7, 11) is 0. The maximum Gasteiger partial charge on any atom is 0.161 e. The van der Waals surface area contributed by atoms with Crippen molar-refractivity contribution in [1.29, 1.82) is 0 Å². The van der Waals surface area contributed by atoms with E-state index in [4.69, 9.17) is 14.2 Å². The lowest BCUT2D eigenvalue weighted by Gasteiger charge is -2.24. The Balaban J connectivity index is 2.11. The van der Waals surface area contributed by atoms with Crippen molar-refractivity contribution < 1.29 is 19.0 Å². The molecule has 0 N–H and O–H groups in total. The monoisotopic (exact) mass is 250 g/mol. The maximum atomic E-state index is 10.8. The molecule has 4 nitrogen and oxygen atoms in total. The van der Waals surface area contributed by atoms with Gasteiger partial charge in [0.1, 0.15) is 12.4 Å². The Morgan fingerprint density at radius 3 is 2.78 bits per heavy atom. The van der Waals surface area contributed by atoms with E-state index in [9.17, 15) is 4.79 Å². The van der Waals surface area contributed by atoms with Crippen molar-refractivity contribution in [3.8, 4) is 11.5 Å². The Morgan fingerprint density at radius 1 is 1.33 bits per heavy atom. The van der Waals surface area contributed by atoms with Crippen molar-refractivity contribution in [1.82, 2.24) is 0 Å². The lowest BCUT2D eigenvalue weighted by atomic mass is 10.1. The fourth-order valence-corrected chi connectivity index (χ4v) is 1.94. The summed E-state index contributed by atoms with van der Waals surface area (Å²) in [6, 6.07) is 5.25. The van der Waals surface area contributed by atoms with E-state index in [1.165, 1.54) is 0 Å². The van der Waals surface area contributed by atoms with Crippen LogP contribution in [0.5, 0.6) is 11.5 Å². The van der Waals surface area contributed by atoms with Gasteiger partial charge in [-0.25, -0.2) is 0 Å². The van der Waals surface area contributed by atoms with Crippen LogP contribution in [0.2, 0.25) is 0 Å². The van der Waals surface area contributed by atoms with Crippen LogP contribution in [0.3, 0.4) is 0 Å². The Bertz CT molecular complexity index is 397. The van der Waals surface area contributed by atoms with Crippen LogP contribution >= 0.6 is 0 Å². The average Bonchev–Trinajstić information content (AvgIpc) is 2.42. The number of benzene rings is 1. The predicted molar refractivity (Wildman–Crippen MR) is 67.5 cm³/mol. The van der Waals surface area contributed by atoms with Crippen LogP contribution in [-0.4, -0.2) is 32.2 Å². The second-order valence-corrected chi connectivity index (χ2v) is 4.19. The van der Waals surface area contributed by atoms with Gasteiger partial charge in [-0.1, -0.05) is 0 Å². The third-order valence-corrected chi connectivity index (χ3v) is 2.87. The van der Waals surface area contributed by atoms with Crippen molar-refractivity contribution >= 4 is 6.29 Å². The van der Waals surface area contributed by atoms with E-state index < -0.39 is 0 Å². The van der Waals surface area contributed by atoms with E-state index in [-0.39, 0.29) is 6.10 Å². The van der Waals surface area contributed by atoms with Crippen LogP contribution in [0.1, 0.15) is 30.1 Å². The van der Waals surface area contributed by atoms with Gasteiger partial charge in [-0.2, -0.15) is 0 Å². The second kappa shape index (κ2) is 6.40. The minimum absolute atomic E-state index is 0.167. The number of rotatable bonds is 5. The highest BCUT2D eigenvalue weighted by atomic mass is 16.5. The quantitative estimate of drug-likeness (QED) is 0.753. The molecule has 1 aromatic rings. The molecule has 0 spiro atoms. The smallest absolute Gasteiger partial charge is 0.161 e. The zero-order valence-electron chi connectivity index (χ0n) is 10.6. The molecule has 0 amide bonds. The van der Waals surface area contributed by atoms with Crippen LogP contribution in [0.4, 0.5) is 0 Å². The minimum atomic E-state index is 0.167. The van der Waals surface area contributed by atoms with Gasteiger partial charge in [-0.05, 0) is 25.1 Å². The highest BCUT2D eigenvalue weighted by molar-refractivity contribution is 5.76. The van der Waals surface area contributed by atoms with Crippen molar-refractivity contribution in [2.24, 2.45) is 0 Å². The van der Waals surface area contributed by atoms with E-state index in [0.29, 0.717) is 23.7 Å². The van der Waals surface area contributed by atoms with Crippen LogP contribution in [0, 0.1) is 0 Å². The maximum absolute atomic E-state index is 10.8. The largest absolute Gasteiger partial charge is 0.490 e. The van der Waals surface area contributed by atoms with Crippen molar-refractivity contribution in [2.75, 3.05) is 19.8 Å². The van der Waals surface area contributed by atoms with Gasteiger partial charge in [0.05, 0.1) is 19.8 Å². The number of hydrogen-bond acceptors (Lipinski definition) is 4. The van der Waals surface area contributed by atoms with E-state index in [1.807, 2.05) is 6.92 Å². The first-order chi connectivity index (χ1) is 8.83. The minimum Gasteiger partial charge on any atom is -0.490 e. The molecule has 0 aromatic heterocycles. The molecule has 1 saturated heterocycles. The standard InChI is InChI=1S/C14H18O4/c1-2-17-14-9-11(10-15)3-4-13(14)18-12-5-7-16-8-6-12/h3-4,9-10,12H,2,5-8H2,1H3. The topological polar surface area (TPSA) is 44.8 Å². The third kappa shape index (κ3) is 3.23. The van der Waals surface area contributed by atoms with Crippen LogP contribution in [-0.2, 0) is 4.74 Å². The summed E-state index contributed by atoms with van der Waals surface area (Å²) in [5.74, 6) is 1.34. The molecule has 1 aliphatic rings. The molecular weight excluding hydrogens is 232 g/mol. The molecule has 4 heteroatoms. The molecule has 1 aliphatic heterocycles. The van der Waals surface area contributed by atoms with Crippen molar-refractivity contribution in [2.45, 2.75) is 25.9 Å². The molecule has 98 valence electrons. The number of carbonyl (C=O) groups excluding carboxylic acids is 1. The van der Waals surface area contributed by atoms with Gasteiger partial charge in [0.15, 0.2) is 11.5 Å². The normalized spacial score (nSPS) is 16.3. The second-order valence-electron chi connectivity index (χ2n) is 4.19. The summed E-state index contributed by atoms with van der Waals surface area (Å²) in [6.07, 6.45) is 2.75. The number of carbonyl (C=O) groups is 1. The first-order valence-electron chi connectivity index (χ1n) is 6.30. The first-order valence-corrected chi connectivity index (χ1v) is 6.30. The van der Waals surface area contributed by atoms with E-state index in [0.717, 1.165) is 32.3 Å². The zero-order valence-corrected chi connectivity index (χ0v) is 10.6. The number of ether oxygens (including phenoxy) is 3. The van der Waals surface area contributed by atoms with Crippen molar-refractivity contribution in [3.63, 3.8) is 0 Å². The van der Waals surface area contributed by atoms with Crippen molar-refractivity contribution in [3.05, 3.63) is 23.8 Å². The molecular formula is C14H18O4. The highest BCUT2D eigenvalue weighted by Gasteiger charge is 2.17. The summed E-state index contributed by atoms with van der Waals surface area (Å²) >= 11 is 0. The van der Waals surface area contributed by atoms with Crippen LogP contribution in [0.25, 0.3) is 0 Å². The zero-order chi connectivity index (χ0) is 12.8. The fraction of sp³-hybridized carbons (Fsp3) is 0.500. The molecule has 0 bridgehead atoms. The summed E-state index contributed by atoms with van der Waals surface area (Å²) in [5, 5.41) is 0. The van der Waals surface area contributed by atoms with Gasteiger partial charge in [-0.15, -0.1) is 0 Å². The van der Waals surface area contributed by atoms with E-state index in [2.05, 4.69) is 0 Å². The highest BCUT2D eigenvalue weighted by Crippen LogP contribution is 2.30. The molecule has 2 rings (SSSR count). The Morgan fingerprint density at radius 2 is 2.11 bits per heavy atom. The van der Waals surface area contributed by atoms with Gasteiger partial charge >= 0.3 is 0 Å². The van der Waals surface area contributed by atoms with Crippen LogP contribution < -0.4 is 9.47 Å². The molecule has 1 heterocycles. The van der Waals surface area contributed by atoms with Gasteiger partial charge in [-0.3, -0.25) is 4.79 Å². The predicted octanol–water partition coefficient (Wildman–Crippen LogP) is 2.46. The number of hydrogen-bond donors (Lipinski definition) is 0. The summed E-state index contributed by atoms with van der Waals surface area (Å²) < 4.78 is 16.7. The lowest BCUT2D eigenvalue weighted by molar-refractivity contribution is 0.0243. The van der Waals surface area contributed by atoms with Gasteiger partial charge < -0.3 is 14.2 Å². The average molecular weight is 250 g/mol. The molecule has 18 heavy (non-hydrogen) atoms. The summed E-state index contributed by atoms with van der Waals surface area (Å²) in [6.45, 7) is 3.93.